The van der Waals surface area contributed by atoms with Gasteiger partial charge in [0.15, 0.2) is 0 Å². The van der Waals surface area contributed by atoms with Crippen LogP contribution in [0.2, 0.25) is 0 Å². The quantitative estimate of drug-likeness (QED) is 0.800. The van der Waals surface area contributed by atoms with Crippen molar-refractivity contribution >= 4 is 11.8 Å². The Morgan fingerprint density at radius 2 is 2.11 bits per heavy atom. The molecule has 0 aromatic carbocycles. The van der Waals surface area contributed by atoms with Crippen LogP contribution in [0.25, 0.3) is 0 Å². The smallest absolute Gasteiger partial charge is 0.237 e. The molecule has 2 saturated heterocycles. The molecule has 3 rings (SSSR count). The topological polar surface area (TPSA) is 100 Å². The van der Waals surface area contributed by atoms with Crippen LogP contribution in [0, 0.1) is 5.41 Å². The molecular formula is C19H31N5O3. The number of nitrogens with zero attached hydrogens (tertiary/aromatic N) is 3. The Balaban J connectivity index is 1.63. The molecular weight excluding hydrogens is 346 g/mol. The average molecular weight is 377 g/mol. The second-order valence-electron chi connectivity index (χ2n) is 9.24. The summed E-state index contributed by atoms with van der Waals surface area (Å²) in [5.74, 6) is 1.50. The zero-order valence-electron chi connectivity index (χ0n) is 16.9. The summed E-state index contributed by atoms with van der Waals surface area (Å²) >= 11 is 0. The minimum Gasteiger partial charge on any atom is -0.425 e. The van der Waals surface area contributed by atoms with Gasteiger partial charge in [-0.3, -0.25) is 14.5 Å². The number of nitrogens with one attached hydrogen (secondary N) is 2. The summed E-state index contributed by atoms with van der Waals surface area (Å²) in [5, 5.41) is 14.3. The van der Waals surface area contributed by atoms with Gasteiger partial charge in [-0.25, -0.2) is 0 Å². The Morgan fingerprint density at radius 1 is 1.37 bits per heavy atom. The molecule has 2 aliphatic heterocycles. The average Bonchev–Trinajstić information content (AvgIpc) is 3.15. The Kier molecular flexibility index (Phi) is 5.55. The minimum absolute atomic E-state index is 0.00916. The summed E-state index contributed by atoms with van der Waals surface area (Å²) in [5.41, 5.74) is -0.0538. The molecule has 0 unspecified atom stereocenters. The highest BCUT2D eigenvalue weighted by Crippen LogP contribution is 2.26. The lowest BCUT2D eigenvalue weighted by molar-refractivity contribution is -0.129. The Hall–Kier alpha value is -1.96. The van der Waals surface area contributed by atoms with Gasteiger partial charge in [-0.05, 0) is 11.8 Å². The highest BCUT2D eigenvalue weighted by Gasteiger charge is 2.44. The van der Waals surface area contributed by atoms with Crippen LogP contribution >= 0.6 is 0 Å². The number of amides is 2. The second kappa shape index (κ2) is 7.58. The SMILES string of the molecule is CC(C)c1nnc(C[C@@H]2CNC(=O)[C@@H]3C[C@H](NC(=O)CC(C)(C)C)CN23)o1. The van der Waals surface area contributed by atoms with E-state index in [0.717, 1.165) is 0 Å². The first-order valence-electron chi connectivity index (χ1n) is 9.77. The molecule has 0 bridgehead atoms. The Labute approximate surface area is 160 Å². The highest BCUT2D eigenvalue weighted by molar-refractivity contribution is 5.83. The maximum atomic E-state index is 12.3. The maximum absolute atomic E-state index is 12.3. The van der Waals surface area contributed by atoms with Crippen LogP contribution in [-0.2, 0) is 16.0 Å². The zero-order valence-corrected chi connectivity index (χ0v) is 16.9. The summed E-state index contributed by atoms with van der Waals surface area (Å²) in [6.45, 7) is 11.4. The summed E-state index contributed by atoms with van der Waals surface area (Å²) in [6, 6.07) is -0.126. The number of fused-ring (bicyclic) bond motifs is 1. The molecule has 1 aromatic rings. The molecule has 2 N–H and O–H groups in total. The van der Waals surface area contributed by atoms with E-state index in [0.29, 0.717) is 44.1 Å². The number of carbonyl (C=O) groups is 2. The highest BCUT2D eigenvalue weighted by atomic mass is 16.4. The van der Waals surface area contributed by atoms with Crippen molar-refractivity contribution in [2.75, 3.05) is 13.1 Å². The van der Waals surface area contributed by atoms with Crippen LogP contribution in [0.4, 0.5) is 0 Å². The van der Waals surface area contributed by atoms with Crippen molar-refractivity contribution in [1.29, 1.82) is 0 Å². The lowest BCUT2D eigenvalue weighted by Crippen LogP contribution is -2.58. The van der Waals surface area contributed by atoms with Crippen molar-refractivity contribution in [1.82, 2.24) is 25.7 Å². The molecule has 2 aliphatic rings. The zero-order chi connectivity index (χ0) is 19.8. The summed E-state index contributed by atoms with van der Waals surface area (Å²) < 4.78 is 5.74. The van der Waals surface area contributed by atoms with Gasteiger partial charge in [0.05, 0.1) is 6.04 Å². The van der Waals surface area contributed by atoms with Crippen molar-refractivity contribution in [3.8, 4) is 0 Å². The van der Waals surface area contributed by atoms with E-state index in [9.17, 15) is 9.59 Å². The Morgan fingerprint density at radius 3 is 2.74 bits per heavy atom. The van der Waals surface area contributed by atoms with Crippen molar-refractivity contribution in [2.24, 2.45) is 5.41 Å². The monoisotopic (exact) mass is 377 g/mol. The summed E-state index contributed by atoms with van der Waals surface area (Å²) in [4.78, 5) is 26.8. The molecule has 0 spiro atoms. The maximum Gasteiger partial charge on any atom is 0.237 e. The van der Waals surface area contributed by atoms with Gasteiger partial charge in [-0.15, -0.1) is 10.2 Å². The van der Waals surface area contributed by atoms with Gasteiger partial charge in [-0.1, -0.05) is 34.6 Å². The predicted octanol–water partition coefficient (Wildman–Crippen LogP) is 1.23. The molecule has 1 aromatic heterocycles. The number of aromatic nitrogens is 2. The first kappa shape index (κ1) is 19.8. The normalized spacial score (nSPS) is 26.1. The first-order valence-corrected chi connectivity index (χ1v) is 9.77. The molecule has 8 nitrogen and oxygen atoms in total. The van der Waals surface area contributed by atoms with Crippen molar-refractivity contribution in [3.05, 3.63) is 11.8 Å². The number of hydrogen-bond donors (Lipinski definition) is 2. The van der Waals surface area contributed by atoms with E-state index in [-0.39, 0.29) is 41.3 Å². The molecule has 0 aliphatic carbocycles. The van der Waals surface area contributed by atoms with Crippen LogP contribution in [0.15, 0.2) is 4.42 Å². The van der Waals surface area contributed by atoms with E-state index in [2.05, 4.69) is 25.7 Å². The molecule has 8 heteroatoms. The van der Waals surface area contributed by atoms with Crippen molar-refractivity contribution in [3.63, 3.8) is 0 Å². The fraction of sp³-hybridized carbons (Fsp3) is 0.789. The number of piperazine rings is 1. The van der Waals surface area contributed by atoms with Crippen LogP contribution in [-0.4, -0.2) is 58.1 Å². The van der Waals surface area contributed by atoms with Crippen molar-refractivity contribution in [2.45, 2.75) is 77.9 Å². The largest absolute Gasteiger partial charge is 0.425 e. The third-order valence-corrected chi connectivity index (χ3v) is 5.07. The fourth-order valence-corrected chi connectivity index (χ4v) is 3.81. The van der Waals surface area contributed by atoms with E-state index < -0.39 is 0 Å². The lowest BCUT2D eigenvalue weighted by Gasteiger charge is -2.36. The van der Waals surface area contributed by atoms with Gasteiger partial charge in [0.1, 0.15) is 0 Å². The van der Waals surface area contributed by atoms with Gasteiger partial charge in [-0.2, -0.15) is 0 Å². The third-order valence-electron chi connectivity index (χ3n) is 5.07. The van der Waals surface area contributed by atoms with E-state index >= 15 is 0 Å². The minimum atomic E-state index is -0.212. The standard InChI is InChI=1S/C19H31N5O3/c1-11(2)18-23-22-16(27-18)7-13-9-20-17(26)14-6-12(10-24(13)14)21-15(25)8-19(3,4)5/h11-14H,6-10H2,1-5H3,(H,20,26)(H,21,25)/t12-,13+,14-/m0/s1. The van der Waals surface area contributed by atoms with Crippen LogP contribution in [0.3, 0.4) is 0 Å². The molecule has 27 heavy (non-hydrogen) atoms. The molecule has 0 saturated carbocycles. The summed E-state index contributed by atoms with van der Waals surface area (Å²) in [6.07, 6.45) is 1.71. The molecule has 2 amide bonds. The number of carbonyl (C=O) groups excluding carboxylic acids is 2. The lowest BCUT2D eigenvalue weighted by atomic mass is 9.92. The van der Waals surface area contributed by atoms with Crippen LogP contribution in [0.5, 0.6) is 0 Å². The van der Waals surface area contributed by atoms with E-state index in [1.54, 1.807) is 0 Å². The van der Waals surface area contributed by atoms with Crippen LogP contribution in [0.1, 0.15) is 65.2 Å². The van der Waals surface area contributed by atoms with Gasteiger partial charge in [0.2, 0.25) is 23.6 Å². The van der Waals surface area contributed by atoms with E-state index in [4.69, 9.17) is 4.42 Å². The van der Waals surface area contributed by atoms with E-state index in [1.807, 2.05) is 34.6 Å². The molecule has 2 fully saturated rings. The van der Waals surface area contributed by atoms with Gasteiger partial charge < -0.3 is 15.1 Å². The van der Waals surface area contributed by atoms with Gasteiger partial charge in [0.25, 0.3) is 0 Å². The number of rotatable bonds is 5. The van der Waals surface area contributed by atoms with Crippen LogP contribution < -0.4 is 10.6 Å². The van der Waals surface area contributed by atoms with Gasteiger partial charge in [0, 0.05) is 43.9 Å². The third kappa shape index (κ3) is 4.86. The summed E-state index contributed by atoms with van der Waals surface area (Å²) in [7, 11) is 0. The number of hydrogen-bond acceptors (Lipinski definition) is 6. The van der Waals surface area contributed by atoms with E-state index in [1.165, 1.54) is 0 Å². The Bertz CT molecular complexity index is 694. The van der Waals surface area contributed by atoms with Gasteiger partial charge >= 0.3 is 0 Å². The molecule has 3 heterocycles. The molecule has 0 radical (unpaired) electrons. The first-order chi connectivity index (χ1) is 12.6. The fourth-order valence-electron chi connectivity index (χ4n) is 3.81. The predicted molar refractivity (Wildman–Crippen MR) is 100 cm³/mol. The second-order valence-corrected chi connectivity index (χ2v) is 9.24. The molecule has 150 valence electrons. The molecule has 3 atom stereocenters. The van der Waals surface area contributed by atoms with Crippen molar-refractivity contribution < 1.29 is 14.0 Å².